The van der Waals surface area contributed by atoms with Crippen LogP contribution in [0, 0.1) is 3.57 Å². The number of amides is 1. The molecule has 0 radical (unpaired) electrons. The van der Waals surface area contributed by atoms with Crippen molar-refractivity contribution in [3.05, 3.63) is 63.2 Å². The standard InChI is InChI=1S/C16H11IN2O3/c1-19-13-9-5-3-7-11(13)14(15(19)20)18-22-16(21)10-6-2-4-8-12(10)17/h2-9H,1H3/b18-14-. The fourth-order valence-electron chi connectivity index (χ4n) is 2.20. The van der Waals surface area contributed by atoms with Gasteiger partial charge in [-0.1, -0.05) is 35.5 Å². The number of hydrogen-bond donors (Lipinski definition) is 0. The number of halogens is 1. The number of likely N-dealkylation sites (N-methyl/N-ethyl adjacent to an activating group) is 1. The lowest BCUT2D eigenvalue weighted by Crippen LogP contribution is -2.26. The molecular weight excluding hydrogens is 395 g/mol. The number of rotatable bonds is 2. The highest BCUT2D eigenvalue weighted by atomic mass is 127. The van der Waals surface area contributed by atoms with Crippen LogP contribution in [0.25, 0.3) is 0 Å². The van der Waals surface area contributed by atoms with Gasteiger partial charge in [-0.05, 0) is 40.8 Å². The molecule has 0 N–H and O–H groups in total. The molecule has 0 spiro atoms. The molecule has 0 unspecified atom stereocenters. The molecule has 1 aliphatic heterocycles. The maximum Gasteiger partial charge on any atom is 0.366 e. The smallest absolute Gasteiger partial charge is 0.312 e. The summed E-state index contributed by atoms with van der Waals surface area (Å²) in [7, 11) is 1.66. The minimum absolute atomic E-state index is 0.136. The van der Waals surface area contributed by atoms with E-state index in [0.717, 1.165) is 9.26 Å². The van der Waals surface area contributed by atoms with Crippen molar-refractivity contribution in [1.82, 2.24) is 0 Å². The Morgan fingerprint density at radius 2 is 1.82 bits per heavy atom. The molecule has 0 aromatic heterocycles. The van der Waals surface area contributed by atoms with Crippen LogP contribution in [0.2, 0.25) is 0 Å². The van der Waals surface area contributed by atoms with Crippen molar-refractivity contribution in [2.45, 2.75) is 0 Å². The van der Waals surface area contributed by atoms with Gasteiger partial charge < -0.3 is 9.74 Å². The quantitative estimate of drug-likeness (QED) is 0.438. The van der Waals surface area contributed by atoms with Crippen molar-refractivity contribution >= 4 is 45.9 Å². The minimum atomic E-state index is -0.586. The number of para-hydroxylation sites is 1. The molecule has 110 valence electrons. The predicted octanol–water partition coefficient (Wildman–Crippen LogP) is 2.83. The molecule has 0 aliphatic carbocycles. The van der Waals surface area contributed by atoms with Crippen LogP contribution in [0.15, 0.2) is 53.7 Å². The summed E-state index contributed by atoms with van der Waals surface area (Å²) in [5.74, 6) is -0.880. The van der Waals surface area contributed by atoms with Crippen LogP contribution in [0.1, 0.15) is 15.9 Å². The fourth-order valence-corrected chi connectivity index (χ4v) is 2.81. The highest BCUT2D eigenvalue weighted by Crippen LogP contribution is 2.27. The van der Waals surface area contributed by atoms with Crippen LogP contribution in [0.5, 0.6) is 0 Å². The van der Waals surface area contributed by atoms with Crippen LogP contribution in [-0.4, -0.2) is 24.6 Å². The summed E-state index contributed by atoms with van der Waals surface area (Å²) in [4.78, 5) is 30.7. The molecule has 0 saturated heterocycles. The van der Waals surface area contributed by atoms with Crippen molar-refractivity contribution in [3.8, 4) is 0 Å². The van der Waals surface area contributed by atoms with E-state index in [4.69, 9.17) is 4.84 Å². The number of nitrogens with zero attached hydrogens (tertiary/aromatic N) is 2. The largest absolute Gasteiger partial charge is 0.366 e. The first kappa shape index (κ1) is 14.7. The average molecular weight is 406 g/mol. The Bertz CT molecular complexity index is 801. The summed E-state index contributed by atoms with van der Waals surface area (Å²) in [6, 6.07) is 14.3. The van der Waals surface area contributed by atoms with Gasteiger partial charge in [-0.25, -0.2) is 4.79 Å². The summed E-state index contributed by atoms with van der Waals surface area (Å²) < 4.78 is 0.764. The van der Waals surface area contributed by atoms with Gasteiger partial charge in [0.25, 0.3) is 5.91 Å². The van der Waals surface area contributed by atoms with Gasteiger partial charge in [0, 0.05) is 16.2 Å². The normalized spacial score (nSPS) is 15.1. The minimum Gasteiger partial charge on any atom is -0.312 e. The summed E-state index contributed by atoms with van der Waals surface area (Å²) >= 11 is 2.05. The Labute approximate surface area is 140 Å². The molecule has 2 aromatic rings. The Morgan fingerprint density at radius 3 is 2.59 bits per heavy atom. The predicted molar refractivity (Wildman–Crippen MR) is 91.0 cm³/mol. The lowest BCUT2D eigenvalue weighted by Gasteiger charge is -2.07. The van der Waals surface area contributed by atoms with E-state index in [9.17, 15) is 9.59 Å². The van der Waals surface area contributed by atoms with Gasteiger partial charge in [-0.3, -0.25) is 4.79 Å². The Kier molecular flexibility index (Phi) is 3.93. The van der Waals surface area contributed by atoms with Gasteiger partial charge in [0.2, 0.25) is 0 Å². The van der Waals surface area contributed by atoms with Crippen LogP contribution in [-0.2, 0) is 9.63 Å². The lowest BCUT2D eigenvalue weighted by atomic mass is 10.1. The van der Waals surface area contributed by atoms with Gasteiger partial charge in [0.05, 0.1) is 11.3 Å². The number of carbonyl (C=O) groups is 2. The average Bonchev–Trinajstić information content (AvgIpc) is 2.77. The molecule has 6 heteroatoms. The number of carbonyl (C=O) groups excluding carboxylic acids is 2. The number of hydrogen-bond acceptors (Lipinski definition) is 4. The fraction of sp³-hybridized carbons (Fsp3) is 0.0625. The molecule has 0 bridgehead atoms. The molecule has 0 saturated carbocycles. The number of oxime groups is 1. The second-order valence-electron chi connectivity index (χ2n) is 4.68. The van der Waals surface area contributed by atoms with Crippen LogP contribution in [0.3, 0.4) is 0 Å². The van der Waals surface area contributed by atoms with Crippen LogP contribution in [0.4, 0.5) is 5.69 Å². The number of fused-ring (bicyclic) bond motifs is 1. The third-order valence-corrected chi connectivity index (χ3v) is 4.28. The molecule has 1 amide bonds. The molecule has 5 nitrogen and oxygen atoms in total. The zero-order valence-electron chi connectivity index (χ0n) is 11.6. The van der Waals surface area contributed by atoms with Gasteiger partial charge in [0.15, 0.2) is 5.71 Å². The Hall–Kier alpha value is -2.22. The van der Waals surface area contributed by atoms with Gasteiger partial charge in [-0.15, -0.1) is 0 Å². The van der Waals surface area contributed by atoms with E-state index in [0.29, 0.717) is 11.1 Å². The van der Waals surface area contributed by atoms with E-state index >= 15 is 0 Å². The molecule has 1 aliphatic rings. The third kappa shape index (κ3) is 2.50. The van der Waals surface area contributed by atoms with Gasteiger partial charge >= 0.3 is 5.97 Å². The zero-order chi connectivity index (χ0) is 15.7. The maximum absolute atomic E-state index is 12.2. The van der Waals surface area contributed by atoms with E-state index < -0.39 is 5.97 Å². The van der Waals surface area contributed by atoms with Crippen molar-refractivity contribution in [2.75, 3.05) is 11.9 Å². The lowest BCUT2D eigenvalue weighted by molar-refractivity contribution is -0.112. The molecule has 0 fully saturated rings. The highest BCUT2D eigenvalue weighted by Gasteiger charge is 2.32. The highest BCUT2D eigenvalue weighted by molar-refractivity contribution is 14.1. The Morgan fingerprint density at radius 1 is 1.14 bits per heavy atom. The summed E-state index contributed by atoms with van der Waals surface area (Å²) in [6.45, 7) is 0. The number of benzene rings is 2. The topological polar surface area (TPSA) is 59.0 Å². The van der Waals surface area contributed by atoms with Gasteiger partial charge in [-0.2, -0.15) is 0 Å². The Balaban J connectivity index is 1.89. The monoisotopic (exact) mass is 406 g/mol. The SMILES string of the molecule is CN1C(=O)/C(=N\OC(=O)c2ccccc2I)c2ccccc21. The number of anilines is 1. The summed E-state index contributed by atoms with van der Waals surface area (Å²) in [6.07, 6.45) is 0. The first-order chi connectivity index (χ1) is 10.6. The van der Waals surface area contributed by atoms with Crippen molar-refractivity contribution in [2.24, 2.45) is 5.16 Å². The van der Waals surface area contributed by atoms with Gasteiger partial charge in [0.1, 0.15) is 0 Å². The summed E-state index contributed by atoms with van der Waals surface area (Å²) in [5.41, 5.74) is 1.96. The molecule has 2 aromatic carbocycles. The van der Waals surface area contributed by atoms with E-state index in [-0.39, 0.29) is 11.6 Å². The molecule has 0 atom stereocenters. The van der Waals surface area contributed by atoms with Crippen molar-refractivity contribution in [1.29, 1.82) is 0 Å². The van der Waals surface area contributed by atoms with Crippen LogP contribution >= 0.6 is 22.6 Å². The van der Waals surface area contributed by atoms with E-state index in [2.05, 4.69) is 5.16 Å². The van der Waals surface area contributed by atoms with Crippen molar-refractivity contribution < 1.29 is 14.4 Å². The van der Waals surface area contributed by atoms with Crippen LogP contribution < -0.4 is 4.90 Å². The second kappa shape index (κ2) is 5.88. The first-order valence-electron chi connectivity index (χ1n) is 6.51. The van der Waals surface area contributed by atoms with E-state index in [1.54, 1.807) is 31.3 Å². The van der Waals surface area contributed by atoms with E-state index in [1.165, 1.54) is 4.90 Å². The second-order valence-corrected chi connectivity index (χ2v) is 5.84. The molecule has 22 heavy (non-hydrogen) atoms. The van der Waals surface area contributed by atoms with Crippen molar-refractivity contribution in [3.63, 3.8) is 0 Å². The first-order valence-corrected chi connectivity index (χ1v) is 7.59. The summed E-state index contributed by atoms with van der Waals surface area (Å²) in [5, 5.41) is 3.79. The molecule has 1 heterocycles. The zero-order valence-corrected chi connectivity index (χ0v) is 13.8. The maximum atomic E-state index is 12.2. The third-order valence-electron chi connectivity index (χ3n) is 3.34. The van der Waals surface area contributed by atoms with E-state index in [1.807, 2.05) is 46.9 Å². The molecule has 3 rings (SSSR count). The molecular formula is C16H11IN2O3.